The highest BCUT2D eigenvalue weighted by Crippen LogP contribution is 2.30. The zero-order chi connectivity index (χ0) is 14.2. The molecule has 0 aromatic carbocycles. The second-order valence-electron chi connectivity index (χ2n) is 6.75. The van der Waals surface area contributed by atoms with Crippen LogP contribution in [0.2, 0.25) is 0 Å². The molecule has 2 nitrogen and oxygen atoms in total. The Hall–Kier alpha value is -0.240. The Balaban J connectivity index is 1.75. The fourth-order valence-electron chi connectivity index (χ4n) is 3.85. The average Bonchev–Trinajstić information content (AvgIpc) is 2.44. The van der Waals surface area contributed by atoms with Gasteiger partial charge in [-0.3, -0.25) is 4.79 Å². The molecule has 116 valence electrons. The normalized spacial score (nSPS) is 29.4. The van der Waals surface area contributed by atoms with Gasteiger partial charge in [-0.1, -0.05) is 44.9 Å². The van der Waals surface area contributed by atoms with E-state index in [4.69, 9.17) is 11.6 Å². The number of hydrogen-bond donors (Lipinski definition) is 1. The molecule has 0 bridgehead atoms. The van der Waals surface area contributed by atoms with E-state index in [0.29, 0.717) is 17.7 Å². The summed E-state index contributed by atoms with van der Waals surface area (Å²) in [5.41, 5.74) is 0. The Morgan fingerprint density at radius 1 is 0.850 bits per heavy atom. The first kappa shape index (κ1) is 16.1. The average molecular weight is 300 g/mol. The highest BCUT2D eigenvalue weighted by molar-refractivity contribution is 6.18. The van der Waals surface area contributed by atoms with Crippen molar-refractivity contribution in [1.82, 2.24) is 5.32 Å². The van der Waals surface area contributed by atoms with Crippen molar-refractivity contribution < 1.29 is 4.79 Å². The van der Waals surface area contributed by atoms with Gasteiger partial charge in [-0.2, -0.15) is 0 Å². The molecule has 2 rings (SSSR count). The van der Waals surface area contributed by atoms with Crippen molar-refractivity contribution in [3.63, 3.8) is 0 Å². The summed E-state index contributed by atoms with van der Waals surface area (Å²) in [5, 5.41) is 3.24. The van der Waals surface area contributed by atoms with Crippen LogP contribution in [-0.2, 0) is 4.79 Å². The lowest BCUT2D eigenvalue weighted by atomic mass is 9.80. The summed E-state index contributed by atoms with van der Waals surface area (Å²) in [4.78, 5) is 12.4. The van der Waals surface area contributed by atoms with Gasteiger partial charge in [-0.15, -0.1) is 11.6 Å². The molecule has 20 heavy (non-hydrogen) atoms. The number of rotatable bonds is 4. The first-order valence-electron chi connectivity index (χ1n) is 8.65. The van der Waals surface area contributed by atoms with Crippen LogP contribution < -0.4 is 5.32 Å². The lowest BCUT2D eigenvalue weighted by molar-refractivity contribution is -0.125. The molecule has 2 fully saturated rings. The largest absolute Gasteiger partial charge is 0.356 e. The van der Waals surface area contributed by atoms with Gasteiger partial charge in [-0.25, -0.2) is 0 Å². The molecule has 0 aliphatic heterocycles. The first-order chi connectivity index (χ1) is 9.81. The van der Waals surface area contributed by atoms with E-state index in [9.17, 15) is 4.79 Å². The fourth-order valence-corrected chi connectivity index (χ4v) is 4.26. The van der Waals surface area contributed by atoms with E-state index in [1.807, 2.05) is 0 Å². The van der Waals surface area contributed by atoms with Gasteiger partial charge in [-0.05, 0) is 37.5 Å². The zero-order valence-corrected chi connectivity index (χ0v) is 13.5. The lowest BCUT2D eigenvalue weighted by Crippen LogP contribution is -2.38. The predicted molar refractivity (Wildman–Crippen MR) is 85.0 cm³/mol. The van der Waals surface area contributed by atoms with Crippen LogP contribution in [0.15, 0.2) is 0 Å². The number of halogens is 1. The van der Waals surface area contributed by atoms with E-state index >= 15 is 0 Å². The van der Waals surface area contributed by atoms with Crippen LogP contribution in [0.5, 0.6) is 0 Å². The molecule has 0 radical (unpaired) electrons. The molecule has 2 aliphatic carbocycles. The Kier molecular flexibility index (Phi) is 7.19. The van der Waals surface area contributed by atoms with Gasteiger partial charge in [0.2, 0.25) is 5.91 Å². The fraction of sp³-hybridized carbons (Fsp3) is 0.941. The van der Waals surface area contributed by atoms with Crippen LogP contribution in [0, 0.1) is 17.8 Å². The van der Waals surface area contributed by atoms with E-state index in [-0.39, 0.29) is 5.92 Å². The maximum atomic E-state index is 12.4. The molecular weight excluding hydrogens is 270 g/mol. The summed E-state index contributed by atoms with van der Waals surface area (Å²) in [5.74, 6) is 2.56. The Morgan fingerprint density at radius 3 is 2.05 bits per heavy atom. The van der Waals surface area contributed by atoms with Crippen molar-refractivity contribution in [2.24, 2.45) is 17.8 Å². The van der Waals surface area contributed by atoms with Crippen LogP contribution >= 0.6 is 11.6 Å². The number of hydrogen-bond acceptors (Lipinski definition) is 1. The predicted octanol–water partition coefficient (Wildman–Crippen LogP) is 4.51. The van der Waals surface area contributed by atoms with Crippen molar-refractivity contribution in [3.8, 4) is 0 Å². The SMILES string of the molecule is O=C(NCC1CCCCC1CCl)C1CCCCCCC1. The van der Waals surface area contributed by atoms with E-state index < -0.39 is 0 Å². The molecule has 0 aromatic heterocycles. The molecule has 0 aromatic rings. The van der Waals surface area contributed by atoms with Crippen molar-refractivity contribution in [2.75, 3.05) is 12.4 Å². The van der Waals surface area contributed by atoms with Crippen LogP contribution in [0.1, 0.15) is 70.6 Å². The first-order valence-corrected chi connectivity index (χ1v) is 9.18. The third kappa shape index (κ3) is 4.95. The van der Waals surface area contributed by atoms with Crippen LogP contribution in [0.25, 0.3) is 0 Å². The van der Waals surface area contributed by atoms with Crippen LogP contribution in [0.4, 0.5) is 0 Å². The monoisotopic (exact) mass is 299 g/mol. The lowest BCUT2D eigenvalue weighted by Gasteiger charge is -2.31. The van der Waals surface area contributed by atoms with Crippen molar-refractivity contribution in [1.29, 1.82) is 0 Å². The summed E-state index contributed by atoms with van der Waals surface area (Å²) in [7, 11) is 0. The second kappa shape index (κ2) is 8.92. The minimum Gasteiger partial charge on any atom is -0.356 e. The summed E-state index contributed by atoms with van der Waals surface area (Å²) in [6, 6.07) is 0. The van der Waals surface area contributed by atoms with Crippen LogP contribution in [0.3, 0.4) is 0 Å². The quantitative estimate of drug-likeness (QED) is 0.760. The number of carbonyl (C=O) groups is 1. The third-order valence-electron chi connectivity index (χ3n) is 5.28. The maximum absolute atomic E-state index is 12.4. The molecule has 0 heterocycles. The van der Waals surface area contributed by atoms with E-state index in [2.05, 4.69) is 5.32 Å². The number of alkyl halides is 1. The van der Waals surface area contributed by atoms with Gasteiger partial charge in [0.25, 0.3) is 0 Å². The Morgan fingerprint density at radius 2 is 1.40 bits per heavy atom. The summed E-state index contributed by atoms with van der Waals surface area (Å²) < 4.78 is 0. The number of amides is 1. The highest BCUT2D eigenvalue weighted by Gasteiger charge is 2.26. The molecule has 0 saturated heterocycles. The minimum atomic E-state index is 0.272. The van der Waals surface area contributed by atoms with Crippen molar-refractivity contribution in [3.05, 3.63) is 0 Å². The maximum Gasteiger partial charge on any atom is 0.223 e. The zero-order valence-electron chi connectivity index (χ0n) is 12.7. The van der Waals surface area contributed by atoms with E-state index in [1.165, 1.54) is 57.8 Å². The van der Waals surface area contributed by atoms with Crippen molar-refractivity contribution in [2.45, 2.75) is 70.6 Å². The van der Waals surface area contributed by atoms with Crippen molar-refractivity contribution >= 4 is 17.5 Å². The third-order valence-corrected chi connectivity index (χ3v) is 5.68. The van der Waals surface area contributed by atoms with Gasteiger partial charge in [0.1, 0.15) is 0 Å². The molecule has 2 saturated carbocycles. The standard InChI is InChI=1S/C17H30ClNO/c18-12-15-10-6-7-11-16(15)13-19-17(20)14-8-4-2-1-3-5-9-14/h14-16H,1-13H2,(H,19,20). The van der Waals surface area contributed by atoms with Gasteiger partial charge < -0.3 is 5.32 Å². The second-order valence-corrected chi connectivity index (χ2v) is 7.05. The molecule has 1 N–H and O–H groups in total. The van der Waals surface area contributed by atoms with Gasteiger partial charge >= 0.3 is 0 Å². The van der Waals surface area contributed by atoms with Crippen LogP contribution in [-0.4, -0.2) is 18.3 Å². The molecule has 0 spiro atoms. The van der Waals surface area contributed by atoms with Gasteiger partial charge in [0.05, 0.1) is 0 Å². The molecule has 2 unspecified atom stereocenters. The Labute approximate surface area is 129 Å². The Bertz CT molecular complexity index is 287. The summed E-state index contributed by atoms with van der Waals surface area (Å²) in [6.07, 6.45) is 13.7. The summed E-state index contributed by atoms with van der Waals surface area (Å²) in [6.45, 7) is 0.854. The molecule has 2 atom stereocenters. The number of nitrogens with one attached hydrogen (secondary N) is 1. The molecule has 3 heteroatoms. The van der Waals surface area contributed by atoms with Gasteiger partial charge in [0, 0.05) is 18.3 Å². The highest BCUT2D eigenvalue weighted by atomic mass is 35.5. The van der Waals surface area contributed by atoms with E-state index in [0.717, 1.165) is 25.3 Å². The molecule has 2 aliphatic rings. The van der Waals surface area contributed by atoms with E-state index in [1.54, 1.807) is 0 Å². The summed E-state index contributed by atoms with van der Waals surface area (Å²) >= 11 is 6.07. The smallest absolute Gasteiger partial charge is 0.223 e. The van der Waals surface area contributed by atoms with Gasteiger partial charge in [0.15, 0.2) is 0 Å². The number of carbonyl (C=O) groups excluding carboxylic acids is 1. The molecular formula is C17H30ClNO. The topological polar surface area (TPSA) is 29.1 Å². The molecule has 1 amide bonds. The minimum absolute atomic E-state index is 0.272.